The molecule has 36 heavy (non-hydrogen) atoms. The number of Topliss-reactive ketones (excluding diaryl/α,β-unsaturated/α-hetero) is 2. The Morgan fingerprint density at radius 1 is 0.806 bits per heavy atom. The molecular formula is C31H24N2O3. The van der Waals surface area contributed by atoms with Crippen molar-refractivity contribution < 1.29 is 14.0 Å². The predicted molar refractivity (Wildman–Crippen MR) is 140 cm³/mol. The molecule has 7 rings (SSSR count). The van der Waals surface area contributed by atoms with Crippen molar-refractivity contribution in [3.8, 4) is 5.69 Å². The molecule has 0 amide bonds. The number of carbonyl (C=O) groups excluding carboxylic acids is 2. The van der Waals surface area contributed by atoms with Crippen LogP contribution in [0, 0.1) is 0 Å². The van der Waals surface area contributed by atoms with Crippen LogP contribution in [0.25, 0.3) is 33.8 Å². The molecule has 2 heterocycles. The Bertz CT molecular complexity index is 1640. The SMILES string of the molecule is O=C1C(=Cc2nc3oc(C4CCCCC4)cc3n2-c2ccccc2)C(=O)c2cc3ccccc3cc21. The van der Waals surface area contributed by atoms with Gasteiger partial charge in [0.2, 0.25) is 5.71 Å². The fourth-order valence-corrected chi connectivity index (χ4v) is 5.71. The first-order valence-electron chi connectivity index (χ1n) is 12.6. The lowest BCUT2D eigenvalue weighted by Gasteiger charge is -2.18. The standard InChI is InChI=1S/C31H24N2O3/c34-29-23-15-20-11-7-8-12-21(20)16-24(23)30(35)25(29)17-28-32-31-26(33(28)22-13-5-2-6-14-22)18-27(36-31)19-9-3-1-4-10-19/h2,5-8,11-19H,1,3-4,9-10H2. The fourth-order valence-electron chi connectivity index (χ4n) is 5.71. The van der Waals surface area contributed by atoms with Crippen LogP contribution in [0.5, 0.6) is 0 Å². The van der Waals surface area contributed by atoms with Gasteiger partial charge in [0.15, 0.2) is 11.6 Å². The summed E-state index contributed by atoms with van der Waals surface area (Å²) in [5, 5.41) is 1.88. The van der Waals surface area contributed by atoms with E-state index in [0.717, 1.165) is 40.6 Å². The Kier molecular flexibility index (Phi) is 4.78. The number of ketones is 2. The first-order valence-corrected chi connectivity index (χ1v) is 12.6. The third-order valence-corrected chi connectivity index (χ3v) is 7.56. The smallest absolute Gasteiger partial charge is 0.245 e. The minimum atomic E-state index is -0.261. The van der Waals surface area contributed by atoms with E-state index in [2.05, 4.69) is 6.07 Å². The number of aromatic nitrogens is 2. The highest BCUT2D eigenvalue weighted by Crippen LogP contribution is 2.37. The third-order valence-electron chi connectivity index (χ3n) is 7.56. The summed E-state index contributed by atoms with van der Waals surface area (Å²) in [7, 11) is 0. The van der Waals surface area contributed by atoms with Crippen LogP contribution in [0.15, 0.2) is 82.8 Å². The van der Waals surface area contributed by atoms with E-state index in [1.807, 2.05) is 71.3 Å². The number of benzene rings is 3. The zero-order chi connectivity index (χ0) is 24.2. The molecule has 0 aliphatic heterocycles. The molecule has 0 unspecified atom stereocenters. The highest BCUT2D eigenvalue weighted by atomic mass is 16.3. The van der Waals surface area contributed by atoms with Crippen LogP contribution < -0.4 is 0 Å². The van der Waals surface area contributed by atoms with E-state index < -0.39 is 0 Å². The highest BCUT2D eigenvalue weighted by molar-refractivity contribution is 6.42. The van der Waals surface area contributed by atoms with Crippen molar-refractivity contribution in [2.75, 3.05) is 0 Å². The molecule has 2 aliphatic rings. The summed E-state index contributed by atoms with van der Waals surface area (Å²) in [5.74, 6) is 1.38. The molecule has 0 spiro atoms. The number of furan rings is 1. The normalized spacial score (nSPS) is 16.3. The summed E-state index contributed by atoms with van der Waals surface area (Å²) in [6, 6.07) is 23.4. The summed E-state index contributed by atoms with van der Waals surface area (Å²) in [6.07, 6.45) is 7.61. The van der Waals surface area contributed by atoms with Gasteiger partial charge in [0, 0.05) is 28.8 Å². The zero-order valence-corrected chi connectivity index (χ0v) is 19.7. The van der Waals surface area contributed by atoms with Crippen LogP contribution in [-0.4, -0.2) is 21.1 Å². The second kappa shape index (κ2) is 8.16. The van der Waals surface area contributed by atoms with Crippen LogP contribution in [0.3, 0.4) is 0 Å². The summed E-state index contributed by atoms with van der Waals surface area (Å²) < 4.78 is 8.24. The van der Waals surface area contributed by atoms with Gasteiger partial charge in [0.25, 0.3) is 0 Å². The molecule has 0 N–H and O–H groups in total. The molecular weight excluding hydrogens is 448 g/mol. The molecule has 176 valence electrons. The van der Waals surface area contributed by atoms with Crippen LogP contribution in [0.4, 0.5) is 0 Å². The van der Waals surface area contributed by atoms with Crippen molar-refractivity contribution in [3.63, 3.8) is 0 Å². The minimum Gasteiger partial charge on any atom is -0.441 e. The van der Waals surface area contributed by atoms with Crippen LogP contribution >= 0.6 is 0 Å². The van der Waals surface area contributed by atoms with Crippen molar-refractivity contribution >= 4 is 39.6 Å². The number of hydrogen-bond donors (Lipinski definition) is 0. The lowest BCUT2D eigenvalue weighted by atomic mass is 9.87. The lowest BCUT2D eigenvalue weighted by molar-refractivity contribution is 0.0990. The van der Waals surface area contributed by atoms with Crippen LogP contribution in [-0.2, 0) is 0 Å². The Balaban J connectivity index is 1.37. The van der Waals surface area contributed by atoms with Crippen molar-refractivity contribution in [1.29, 1.82) is 0 Å². The quantitative estimate of drug-likeness (QED) is 0.204. The maximum atomic E-state index is 13.4. The first-order chi connectivity index (χ1) is 17.7. The van der Waals surface area contributed by atoms with Gasteiger partial charge < -0.3 is 4.42 Å². The molecule has 1 fully saturated rings. The monoisotopic (exact) mass is 472 g/mol. The van der Waals surface area contributed by atoms with E-state index in [-0.39, 0.29) is 17.1 Å². The maximum absolute atomic E-state index is 13.4. The van der Waals surface area contributed by atoms with Gasteiger partial charge in [-0.2, -0.15) is 4.98 Å². The van der Waals surface area contributed by atoms with Crippen molar-refractivity contribution in [2.45, 2.75) is 38.0 Å². The molecule has 0 atom stereocenters. The van der Waals surface area contributed by atoms with Gasteiger partial charge in [-0.25, -0.2) is 0 Å². The minimum absolute atomic E-state index is 0.137. The Morgan fingerprint density at radius 2 is 1.44 bits per heavy atom. The summed E-state index contributed by atoms with van der Waals surface area (Å²) >= 11 is 0. The van der Waals surface area contributed by atoms with E-state index >= 15 is 0 Å². The Morgan fingerprint density at radius 3 is 2.11 bits per heavy atom. The number of nitrogens with zero attached hydrogens (tertiary/aromatic N) is 2. The van der Waals surface area contributed by atoms with E-state index in [0.29, 0.717) is 28.6 Å². The molecule has 5 heteroatoms. The number of para-hydroxylation sites is 1. The zero-order valence-electron chi connectivity index (χ0n) is 19.7. The molecule has 0 saturated heterocycles. The largest absolute Gasteiger partial charge is 0.441 e. The topological polar surface area (TPSA) is 65.1 Å². The van der Waals surface area contributed by atoms with Crippen LogP contribution in [0.1, 0.15) is 70.3 Å². The van der Waals surface area contributed by atoms with E-state index in [9.17, 15) is 9.59 Å². The molecule has 3 aromatic carbocycles. The lowest BCUT2D eigenvalue weighted by Crippen LogP contribution is -2.04. The number of fused-ring (bicyclic) bond motifs is 3. The number of carbonyl (C=O) groups is 2. The molecule has 2 aromatic heterocycles. The fraction of sp³-hybridized carbons (Fsp3) is 0.194. The number of hydrogen-bond acceptors (Lipinski definition) is 4. The Hall–Kier alpha value is -4.25. The summed E-state index contributed by atoms with van der Waals surface area (Å²) in [4.78, 5) is 31.5. The highest BCUT2D eigenvalue weighted by Gasteiger charge is 2.34. The second-order valence-electron chi connectivity index (χ2n) is 9.78. The molecule has 2 aliphatic carbocycles. The van der Waals surface area contributed by atoms with Gasteiger partial charge in [0.05, 0.1) is 5.57 Å². The summed E-state index contributed by atoms with van der Waals surface area (Å²) in [6.45, 7) is 0. The average molecular weight is 473 g/mol. The van der Waals surface area contributed by atoms with Gasteiger partial charge in [-0.15, -0.1) is 0 Å². The van der Waals surface area contributed by atoms with Gasteiger partial charge in [-0.1, -0.05) is 61.7 Å². The van der Waals surface area contributed by atoms with Gasteiger partial charge >= 0.3 is 0 Å². The third kappa shape index (κ3) is 3.27. The van der Waals surface area contributed by atoms with Crippen LogP contribution in [0.2, 0.25) is 0 Å². The Labute approximate surface area is 208 Å². The van der Waals surface area contributed by atoms with Gasteiger partial charge in [0.1, 0.15) is 17.1 Å². The van der Waals surface area contributed by atoms with Crippen molar-refractivity contribution in [1.82, 2.24) is 9.55 Å². The first kappa shape index (κ1) is 21.1. The molecule has 0 radical (unpaired) electrons. The molecule has 5 nitrogen and oxygen atoms in total. The molecule has 0 bridgehead atoms. The maximum Gasteiger partial charge on any atom is 0.245 e. The molecule has 5 aromatic rings. The second-order valence-corrected chi connectivity index (χ2v) is 9.78. The molecule has 1 saturated carbocycles. The van der Waals surface area contributed by atoms with Gasteiger partial charge in [-0.05, 0) is 54.0 Å². The van der Waals surface area contributed by atoms with E-state index in [4.69, 9.17) is 9.40 Å². The van der Waals surface area contributed by atoms with Crippen molar-refractivity contribution in [3.05, 3.63) is 101 Å². The van der Waals surface area contributed by atoms with Gasteiger partial charge in [-0.3, -0.25) is 14.2 Å². The van der Waals surface area contributed by atoms with E-state index in [1.165, 1.54) is 19.3 Å². The summed E-state index contributed by atoms with van der Waals surface area (Å²) in [5.41, 5.74) is 3.33. The number of allylic oxidation sites excluding steroid dienone is 1. The predicted octanol–water partition coefficient (Wildman–Crippen LogP) is 7.28. The number of imidazole rings is 1. The van der Waals surface area contributed by atoms with E-state index in [1.54, 1.807) is 6.08 Å². The average Bonchev–Trinajstić information content (AvgIpc) is 3.55. The number of rotatable bonds is 3. The van der Waals surface area contributed by atoms with Crippen molar-refractivity contribution in [2.24, 2.45) is 0 Å².